The van der Waals surface area contributed by atoms with E-state index in [9.17, 15) is 4.79 Å². The average Bonchev–Trinajstić information content (AvgIpc) is 3.32. The third-order valence-corrected chi connectivity index (χ3v) is 7.13. The van der Waals surface area contributed by atoms with Crippen molar-refractivity contribution in [1.82, 2.24) is 0 Å². The molecule has 146 valence electrons. The molecule has 1 aliphatic carbocycles. The molecule has 0 unspecified atom stereocenters. The Hall–Kier alpha value is -1.63. The summed E-state index contributed by atoms with van der Waals surface area (Å²) in [7, 11) is 0. The van der Waals surface area contributed by atoms with Gasteiger partial charge in [0.15, 0.2) is 5.66 Å². The lowest BCUT2D eigenvalue weighted by molar-refractivity contribution is -0.113. The molecular weight excluding hydrogens is 410 g/mol. The van der Waals surface area contributed by atoms with Gasteiger partial charge >= 0.3 is 0 Å². The number of aryl methyl sites for hydroxylation is 1. The second-order valence-electron chi connectivity index (χ2n) is 7.19. The van der Waals surface area contributed by atoms with Crippen LogP contribution in [0.3, 0.4) is 0 Å². The molecule has 4 rings (SSSR count). The van der Waals surface area contributed by atoms with E-state index in [2.05, 4.69) is 16.8 Å². The van der Waals surface area contributed by atoms with Crippen molar-refractivity contribution in [2.75, 3.05) is 11.1 Å². The monoisotopic (exact) mass is 431 g/mol. The van der Waals surface area contributed by atoms with Gasteiger partial charge in [-0.15, -0.1) is 11.3 Å². The molecule has 0 radical (unpaired) electrons. The summed E-state index contributed by atoms with van der Waals surface area (Å²) in [5.41, 5.74) is 2.39. The number of benzene rings is 1. The van der Waals surface area contributed by atoms with Gasteiger partial charge in [-0.25, -0.2) is 4.99 Å². The van der Waals surface area contributed by atoms with E-state index < -0.39 is 0 Å². The first-order chi connectivity index (χ1) is 13.5. The molecule has 1 saturated carbocycles. The number of aliphatic imine (C=N–C) groups is 2. The predicted molar refractivity (Wildman–Crippen MR) is 121 cm³/mol. The fourth-order valence-corrected chi connectivity index (χ4v) is 5.41. The van der Waals surface area contributed by atoms with Crippen molar-refractivity contribution in [2.45, 2.75) is 44.7 Å². The number of thiophene rings is 1. The Bertz CT molecular complexity index is 931. The SMILES string of the molecule is Cc1ccc(Cl)cc1NC(=O)CSC1=NC2(CCCCC2)N=C1c1cccs1. The predicted octanol–water partition coefficient (Wildman–Crippen LogP) is 5.94. The van der Waals surface area contributed by atoms with E-state index in [1.807, 2.05) is 25.1 Å². The summed E-state index contributed by atoms with van der Waals surface area (Å²) in [6, 6.07) is 9.62. The first-order valence-corrected chi connectivity index (χ1v) is 11.7. The van der Waals surface area contributed by atoms with Gasteiger partial charge in [0.1, 0.15) is 10.8 Å². The van der Waals surface area contributed by atoms with Crippen LogP contribution in [0.4, 0.5) is 5.69 Å². The highest BCUT2D eigenvalue weighted by Gasteiger charge is 2.38. The van der Waals surface area contributed by atoms with Gasteiger partial charge in [0.25, 0.3) is 0 Å². The number of nitrogens with zero attached hydrogens (tertiary/aromatic N) is 2. The fourth-order valence-electron chi connectivity index (χ4n) is 3.59. The zero-order valence-electron chi connectivity index (χ0n) is 15.7. The highest BCUT2D eigenvalue weighted by Crippen LogP contribution is 2.39. The van der Waals surface area contributed by atoms with E-state index in [1.165, 1.54) is 18.2 Å². The molecule has 0 saturated heterocycles. The molecule has 0 bridgehead atoms. The normalized spacial score (nSPS) is 18.1. The quantitative estimate of drug-likeness (QED) is 0.650. The van der Waals surface area contributed by atoms with Crippen molar-refractivity contribution < 1.29 is 4.79 Å². The van der Waals surface area contributed by atoms with Crippen molar-refractivity contribution in [1.29, 1.82) is 0 Å². The number of carbonyl (C=O) groups is 1. The van der Waals surface area contributed by atoms with Gasteiger partial charge in [-0.05, 0) is 61.7 Å². The molecule has 2 heterocycles. The minimum atomic E-state index is -0.306. The number of nitrogens with one attached hydrogen (secondary N) is 1. The lowest BCUT2D eigenvalue weighted by Crippen LogP contribution is -2.25. The van der Waals surface area contributed by atoms with Crippen LogP contribution in [0.25, 0.3) is 0 Å². The molecule has 1 N–H and O–H groups in total. The Morgan fingerprint density at radius 3 is 2.82 bits per heavy atom. The molecule has 2 aromatic rings. The molecular formula is C21H22ClN3OS2. The van der Waals surface area contributed by atoms with Gasteiger partial charge in [0, 0.05) is 10.7 Å². The number of anilines is 1. The minimum absolute atomic E-state index is 0.0619. The van der Waals surface area contributed by atoms with Gasteiger partial charge in [-0.2, -0.15) is 0 Å². The van der Waals surface area contributed by atoms with Crippen LogP contribution < -0.4 is 5.32 Å². The van der Waals surface area contributed by atoms with Crippen LogP contribution in [-0.2, 0) is 4.79 Å². The number of thioether (sulfide) groups is 1. The highest BCUT2D eigenvalue weighted by molar-refractivity contribution is 8.16. The minimum Gasteiger partial charge on any atom is -0.325 e. The zero-order chi connectivity index (χ0) is 19.6. The molecule has 1 aromatic carbocycles. The van der Waals surface area contributed by atoms with Crippen LogP contribution >= 0.6 is 34.7 Å². The van der Waals surface area contributed by atoms with Gasteiger partial charge in [0.2, 0.25) is 5.91 Å². The topological polar surface area (TPSA) is 53.8 Å². The molecule has 2 aliphatic rings. The molecule has 1 aromatic heterocycles. The van der Waals surface area contributed by atoms with Crippen molar-refractivity contribution in [3.8, 4) is 0 Å². The first kappa shape index (κ1) is 19.7. The number of halogens is 1. The molecule has 0 atom stereocenters. The van der Waals surface area contributed by atoms with Crippen molar-refractivity contribution in [3.05, 3.63) is 51.2 Å². The second kappa shape index (κ2) is 8.39. The van der Waals surface area contributed by atoms with Gasteiger partial charge in [-0.3, -0.25) is 9.79 Å². The molecule has 1 fully saturated rings. The molecule has 1 spiro atoms. The molecule has 1 amide bonds. The van der Waals surface area contributed by atoms with E-state index >= 15 is 0 Å². The summed E-state index contributed by atoms with van der Waals surface area (Å²) in [6.07, 6.45) is 5.58. The molecule has 7 heteroatoms. The highest BCUT2D eigenvalue weighted by atomic mass is 35.5. The third-order valence-electron chi connectivity index (χ3n) is 5.05. The Labute approximate surface area is 178 Å². The number of carbonyl (C=O) groups excluding carboxylic acids is 1. The Balaban J connectivity index is 1.48. The smallest absolute Gasteiger partial charge is 0.234 e. The number of rotatable bonds is 4. The Morgan fingerprint density at radius 1 is 1.25 bits per heavy atom. The van der Waals surface area contributed by atoms with E-state index in [4.69, 9.17) is 21.6 Å². The van der Waals surface area contributed by atoms with Crippen molar-refractivity contribution in [3.63, 3.8) is 0 Å². The number of amides is 1. The van der Waals surface area contributed by atoms with Crippen LogP contribution in [0.5, 0.6) is 0 Å². The second-order valence-corrected chi connectivity index (χ2v) is 9.54. The lowest BCUT2D eigenvalue weighted by atomic mass is 9.90. The van der Waals surface area contributed by atoms with Crippen LogP contribution in [0.15, 0.2) is 45.7 Å². The summed E-state index contributed by atoms with van der Waals surface area (Å²) >= 11 is 9.20. The van der Waals surface area contributed by atoms with Crippen molar-refractivity contribution >= 4 is 57.0 Å². The molecule has 28 heavy (non-hydrogen) atoms. The standard InChI is InChI=1S/C21H22ClN3OS2/c1-14-7-8-15(22)12-16(14)23-18(26)13-28-20-19(17-6-5-11-27-17)24-21(25-20)9-3-2-4-10-21/h5-8,11-12H,2-4,9-10,13H2,1H3,(H,23,26). The van der Waals surface area contributed by atoms with Crippen LogP contribution in [0, 0.1) is 6.92 Å². The lowest BCUT2D eigenvalue weighted by Gasteiger charge is -2.27. The Morgan fingerprint density at radius 2 is 2.07 bits per heavy atom. The Kier molecular flexibility index (Phi) is 5.90. The number of hydrogen-bond donors (Lipinski definition) is 1. The zero-order valence-corrected chi connectivity index (χ0v) is 18.1. The van der Waals surface area contributed by atoms with E-state index in [0.29, 0.717) is 10.8 Å². The van der Waals surface area contributed by atoms with E-state index in [1.54, 1.807) is 17.4 Å². The maximum absolute atomic E-state index is 12.5. The van der Waals surface area contributed by atoms with E-state index in [0.717, 1.165) is 52.6 Å². The average molecular weight is 432 g/mol. The van der Waals surface area contributed by atoms with Gasteiger partial charge in [0.05, 0.1) is 10.6 Å². The summed E-state index contributed by atoms with van der Waals surface area (Å²) in [4.78, 5) is 23.7. The largest absolute Gasteiger partial charge is 0.325 e. The van der Waals surface area contributed by atoms with Gasteiger partial charge in [-0.1, -0.05) is 41.9 Å². The van der Waals surface area contributed by atoms with Crippen LogP contribution in [0.2, 0.25) is 5.02 Å². The van der Waals surface area contributed by atoms with Crippen LogP contribution in [-0.4, -0.2) is 28.1 Å². The van der Waals surface area contributed by atoms with Crippen molar-refractivity contribution in [2.24, 2.45) is 9.98 Å². The van der Waals surface area contributed by atoms with Gasteiger partial charge < -0.3 is 5.32 Å². The number of hydrogen-bond acceptors (Lipinski definition) is 5. The maximum Gasteiger partial charge on any atom is 0.234 e. The van der Waals surface area contributed by atoms with E-state index in [-0.39, 0.29) is 11.6 Å². The maximum atomic E-state index is 12.5. The first-order valence-electron chi connectivity index (χ1n) is 9.47. The summed E-state index contributed by atoms with van der Waals surface area (Å²) in [5.74, 6) is 0.235. The third kappa shape index (κ3) is 4.34. The summed E-state index contributed by atoms with van der Waals surface area (Å²) < 4.78 is 0. The molecule has 4 nitrogen and oxygen atoms in total. The summed E-state index contributed by atoms with van der Waals surface area (Å²) in [5, 5.41) is 6.52. The molecule has 1 aliphatic heterocycles. The summed E-state index contributed by atoms with van der Waals surface area (Å²) in [6.45, 7) is 1.95. The fraction of sp³-hybridized carbons (Fsp3) is 0.381. The van der Waals surface area contributed by atoms with Crippen LogP contribution in [0.1, 0.15) is 42.5 Å².